The number of carbonyl (C=O) groups excluding carboxylic acids is 1. The number of hydrogen-bond acceptors (Lipinski definition) is 2. The minimum Gasteiger partial charge on any atom is -0.479 e. The van der Waals surface area contributed by atoms with Crippen LogP contribution in [0.4, 0.5) is 4.79 Å². The molecule has 0 aliphatic carbocycles. The second-order valence-electron chi connectivity index (χ2n) is 5.05. The molecule has 110 valence electrons. The van der Waals surface area contributed by atoms with Gasteiger partial charge in [-0.15, -0.1) is 0 Å². The summed E-state index contributed by atoms with van der Waals surface area (Å²) >= 11 is 0. The molecule has 5 nitrogen and oxygen atoms in total. The van der Waals surface area contributed by atoms with Gasteiger partial charge in [0.2, 0.25) is 0 Å². The lowest BCUT2D eigenvalue weighted by Gasteiger charge is -2.29. The minimum absolute atomic E-state index is 0.330. The maximum Gasteiger partial charge on any atom is 0.330 e. The number of benzene rings is 1. The van der Waals surface area contributed by atoms with Crippen LogP contribution in [-0.2, 0) is 4.79 Å². The minimum atomic E-state index is -1.08. The maximum absolute atomic E-state index is 12.0. The molecule has 20 heavy (non-hydrogen) atoms. The van der Waals surface area contributed by atoms with Gasteiger partial charge in [0, 0.05) is 5.54 Å². The highest BCUT2D eigenvalue weighted by molar-refractivity contribution is 5.83. The summed E-state index contributed by atoms with van der Waals surface area (Å²) < 4.78 is 0. The lowest BCUT2D eigenvalue weighted by molar-refractivity contribution is -0.139. The van der Waals surface area contributed by atoms with Crippen LogP contribution in [0.3, 0.4) is 0 Å². The Kier molecular flexibility index (Phi) is 5.55. The fourth-order valence-corrected chi connectivity index (χ4v) is 1.80. The molecule has 3 N–H and O–H groups in total. The molecular weight excluding hydrogens is 256 g/mol. The molecule has 5 heteroatoms. The van der Waals surface area contributed by atoms with Crippen LogP contribution in [0, 0.1) is 0 Å². The van der Waals surface area contributed by atoms with Gasteiger partial charge in [-0.3, -0.25) is 0 Å². The second-order valence-corrected chi connectivity index (χ2v) is 5.05. The summed E-state index contributed by atoms with van der Waals surface area (Å²) in [4.78, 5) is 23.3. The van der Waals surface area contributed by atoms with Crippen molar-refractivity contribution < 1.29 is 14.7 Å². The number of nitrogens with one attached hydrogen (secondary N) is 2. The van der Waals surface area contributed by atoms with Gasteiger partial charge in [-0.1, -0.05) is 44.2 Å². The van der Waals surface area contributed by atoms with Crippen LogP contribution >= 0.6 is 0 Å². The number of carboxylic acids is 1. The van der Waals surface area contributed by atoms with E-state index in [1.54, 1.807) is 30.3 Å². The van der Waals surface area contributed by atoms with Crippen LogP contribution in [0.15, 0.2) is 30.3 Å². The smallest absolute Gasteiger partial charge is 0.330 e. The van der Waals surface area contributed by atoms with Gasteiger partial charge in [-0.05, 0) is 25.3 Å². The first-order valence-electron chi connectivity index (χ1n) is 6.78. The van der Waals surface area contributed by atoms with E-state index < -0.39 is 18.0 Å². The van der Waals surface area contributed by atoms with E-state index in [4.69, 9.17) is 0 Å². The largest absolute Gasteiger partial charge is 0.479 e. The summed E-state index contributed by atoms with van der Waals surface area (Å²) in [6.07, 6.45) is 1.56. The first-order chi connectivity index (χ1) is 9.41. The molecule has 1 rings (SSSR count). The Morgan fingerprint density at radius 3 is 2.20 bits per heavy atom. The van der Waals surface area contributed by atoms with E-state index >= 15 is 0 Å². The number of urea groups is 1. The highest BCUT2D eigenvalue weighted by Crippen LogP contribution is 2.15. The molecule has 0 fully saturated rings. The molecule has 0 aliphatic rings. The fraction of sp³-hybridized carbons (Fsp3) is 0.467. The van der Waals surface area contributed by atoms with Crippen molar-refractivity contribution in [3.8, 4) is 0 Å². The highest BCUT2D eigenvalue weighted by Gasteiger charge is 2.26. The van der Waals surface area contributed by atoms with Gasteiger partial charge in [0.05, 0.1) is 0 Å². The Labute approximate surface area is 119 Å². The van der Waals surface area contributed by atoms with Crippen molar-refractivity contribution in [2.75, 3.05) is 0 Å². The van der Waals surface area contributed by atoms with Crippen molar-refractivity contribution >= 4 is 12.0 Å². The number of aliphatic carboxylic acids is 1. The first-order valence-corrected chi connectivity index (χ1v) is 6.78. The van der Waals surface area contributed by atoms with Gasteiger partial charge >= 0.3 is 12.0 Å². The van der Waals surface area contributed by atoms with Gasteiger partial charge in [-0.2, -0.15) is 0 Å². The average molecular weight is 278 g/mol. The number of carboxylic acid groups (broad SMARTS) is 1. The average Bonchev–Trinajstić information content (AvgIpc) is 2.45. The summed E-state index contributed by atoms with van der Waals surface area (Å²) in [5, 5.41) is 14.6. The van der Waals surface area contributed by atoms with Crippen LogP contribution in [0.2, 0.25) is 0 Å². The second kappa shape index (κ2) is 6.93. The molecule has 1 aromatic rings. The molecule has 1 aromatic carbocycles. The molecule has 0 saturated heterocycles. The Balaban J connectivity index is 2.78. The van der Waals surface area contributed by atoms with Crippen LogP contribution in [-0.4, -0.2) is 22.6 Å². The molecular formula is C15H22N2O3. The molecule has 0 radical (unpaired) electrons. The molecule has 0 aliphatic heterocycles. The summed E-state index contributed by atoms with van der Waals surface area (Å²) in [7, 11) is 0. The van der Waals surface area contributed by atoms with Crippen molar-refractivity contribution in [1.82, 2.24) is 10.6 Å². The van der Waals surface area contributed by atoms with E-state index in [9.17, 15) is 14.7 Å². The number of carbonyl (C=O) groups is 2. The summed E-state index contributed by atoms with van der Waals surface area (Å²) in [5.74, 6) is -1.08. The quantitative estimate of drug-likeness (QED) is 0.748. The number of rotatable bonds is 6. The van der Waals surface area contributed by atoms with E-state index in [1.807, 2.05) is 20.8 Å². The molecule has 2 amide bonds. The first kappa shape index (κ1) is 16.0. The molecule has 0 spiro atoms. The van der Waals surface area contributed by atoms with Gasteiger partial charge in [-0.25, -0.2) is 9.59 Å². The topological polar surface area (TPSA) is 78.4 Å². The van der Waals surface area contributed by atoms with Gasteiger partial charge in [0.25, 0.3) is 0 Å². The standard InChI is InChI=1S/C15H22N2O3/c1-4-15(3,5-2)17-14(20)16-12(13(18)19)11-9-7-6-8-10-11/h6-10,12H,4-5H2,1-3H3,(H,18,19)(H2,16,17,20)/t12-/m1/s1. The fourth-order valence-electron chi connectivity index (χ4n) is 1.80. The van der Waals surface area contributed by atoms with Crippen LogP contribution in [0.1, 0.15) is 45.2 Å². The Bertz CT molecular complexity index is 455. The van der Waals surface area contributed by atoms with E-state index in [-0.39, 0.29) is 5.54 Å². The van der Waals surface area contributed by atoms with Crippen molar-refractivity contribution in [1.29, 1.82) is 0 Å². The zero-order valence-corrected chi connectivity index (χ0v) is 12.1. The predicted octanol–water partition coefficient (Wildman–Crippen LogP) is 2.69. The monoisotopic (exact) mass is 278 g/mol. The van der Waals surface area contributed by atoms with Gasteiger partial charge < -0.3 is 15.7 Å². The Morgan fingerprint density at radius 1 is 1.20 bits per heavy atom. The zero-order chi connectivity index (χ0) is 15.2. The third-order valence-electron chi connectivity index (χ3n) is 3.63. The molecule has 0 bridgehead atoms. The highest BCUT2D eigenvalue weighted by atomic mass is 16.4. The summed E-state index contributed by atoms with van der Waals surface area (Å²) in [5.41, 5.74) is 0.217. The van der Waals surface area contributed by atoms with E-state index in [0.29, 0.717) is 5.56 Å². The lowest BCUT2D eigenvalue weighted by atomic mass is 9.96. The van der Waals surface area contributed by atoms with Gasteiger partial charge in [0.1, 0.15) is 0 Å². The number of amides is 2. The maximum atomic E-state index is 12.0. The SMILES string of the molecule is CCC(C)(CC)NC(=O)N[C@@H](C(=O)O)c1ccccc1. The van der Waals surface area contributed by atoms with E-state index in [1.165, 1.54) is 0 Å². The normalized spacial score (nSPS) is 12.6. The lowest BCUT2D eigenvalue weighted by Crippen LogP contribution is -2.51. The van der Waals surface area contributed by atoms with Crippen molar-refractivity contribution in [2.24, 2.45) is 0 Å². The van der Waals surface area contributed by atoms with E-state index in [0.717, 1.165) is 12.8 Å². The Hall–Kier alpha value is -2.04. The summed E-state index contributed by atoms with van der Waals surface area (Å²) in [6.45, 7) is 5.90. The molecule has 0 saturated carbocycles. The zero-order valence-electron chi connectivity index (χ0n) is 12.1. The van der Waals surface area contributed by atoms with Crippen molar-refractivity contribution in [3.63, 3.8) is 0 Å². The molecule has 0 unspecified atom stereocenters. The molecule has 0 heterocycles. The van der Waals surface area contributed by atoms with Crippen LogP contribution < -0.4 is 10.6 Å². The summed E-state index contributed by atoms with van der Waals surface area (Å²) in [6, 6.07) is 7.13. The van der Waals surface area contributed by atoms with Crippen molar-refractivity contribution in [2.45, 2.75) is 45.2 Å². The molecule has 0 aromatic heterocycles. The number of hydrogen-bond donors (Lipinski definition) is 3. The van der Waals surface area contributed by atoms with Crippen LogP contribution in [0.25, 0.3) is 0 Å². The third kappa shape index (κ3) is 4.26. The van der Waals surface area contributed by atoms with Gasteiger partial charge in [0.15, 0.2) is 6.04 Å². The van der Waals surface area contributed by atoms with E-state index in [2.05, 4.69) is 10.6 Å². The van der Waals surface area contributed by atoms with Crippen LogP contribution in [0.5, 0.6) is 0 Å². The predicted molar refractivity (Wildman–Crippen MR) is 77.5 cm³/mol. The Morgan fingerprint density at radius 2 is 1.75 bits per heavy atom. The van der Waals surface area contributed by atoms with Crippen molar-refractivity contribution in [3.05, 3.63) is 35.9 Å². The molecule has 1 atom stereocenters. The third-order valence-corrected chi connectivity index (χ3v) is 3.63.